The average molecular weight is 229 g/mol. The lowest BCUT2D eigenvalue weighted by molar-refractivity contribution is -0.116. The Morgan fingerprint density at radius 2 is 2.47 bits per heavy atom. The van der Waals surface area contributed by atoms with Crippen molar-refractivity contribution >= 4 is 12.0 Å². The molecule has 17 heavy (non-hydrogen) atoms. The smallest absolute Gasteiger partial charge is 0.244 e. The highest BCUT2D eigenvalue weighted by molar-refractivity contribution is 5.91. The SMILES string of the molecule is C#CCNC(=O)/C=C/c1ccc(C2CC2C)o1. The molecule has 2 rings (SSSR count). The fraction of sp³-hybridized carbons (Fsp3) is 0.357. The van der Waals surface area contributed by atoms with E-state index in [1.54, 1.807) is 6.08 Å². The Balaban J connectivity index is 1.90. The van der Waals surface area contributed by atoms with E-state index in [2.05, 4.69) is 18.2 Å². The van der Waals surface area contributed by atoms with Gasteiger partial charge in [0.2, 0.25) is 5.91 Å². The summed E-state index contributed by atoms with van der Waals surface area (Å²) in [6.07, 6.45) is 9.31. The molecule has 0 bridgehead atoms. The number of nitrogens with one attached hydrogen (secondary N) is 1. The first-order chi connectivity index (χ1) is 8.20. The number of hydrogen-bond donors (Lipinski definition) is 1. The van der Waals surface area contributed by atoms with Crippen LogP contribution in [0.1, 0.15) is 30.8 Å². The van der Waals surface area contributed by atoms with E-state index in [1.165, 1.54) is 12.5 Å². The summed E-state index contributed by atoms with van der Waals surface area (Å²) in [6.45, 7) is 2.45. The van der Waals surface area contributed by atoms with Gasteiger partial charge >= 0.3 is 0 Å². The number of hydrogen-bond acceptors (Lipinski definition) is 2. The first kappa shape index (κ1) is 11.5. The highest BCUT2D eigenvalue weighted by Crippen LogP contribution is 2.47. The van der Waals surface area contributed by atoms with Crippen LogP contribution in [0.3, 0.4) is 0 Å². The van der Waals surface area contributed by atoms with Crippen molar-refractivity contribution in [2.75, 3.05) is 6.54 Å². The second kappa shape index (κ2) is 4.92. The first-order valence-corrected chi connectivity index (χ1v) is 5.70. The van der Waals surface area contributed by atoms with E-state index in [-0.39, 0.29) is 12.5 Å². The van der Waals surface area contributed by atoms with Crippen molar-refractivity contribution in [3.05, 3.63) is 29.7 Å². The summed E-state index contributed by atoms with van der Waals surface area (Å²) >= 11 is 0. The van der Waals surface area contributed by atoms with Crippen molar-refractivity contribution in [1.29, 1.82) is 0 Å². The molecule has 0 spiro atoms. The van der Waals surface area contributed by atoms with Crippen LogP contribution >= 0.6 is 0 Å². The lowest BCUT2D eigenvalue weighted by Crippen LogP contribution is -2.20. The van der Waals surface area contributed by atoms with E-state index in [1.807, 2.05) is 12.1 Å². The zero-order valence-electron chi connectivity index (χ0n) is 9.77. The summed E-state index contributed by atoms with van der Waals surface area (Å²) in [7, 11) is 0. The average Bonchev–Trinajstić information content (AvgIpc) is 2.88. The molecule has 3 heteroatoms. The zero-order chi connectivity index (χ0) is 12.3. The van der Waals surface area contributed by atoms with Crippen LogP contribution in [0.5, 0.6) is 0 Å². The molecule has 1 heterocycles. The van der Waals surface area contributed by atoms with E-state index < -0.39 is 0 Å². The van der Waals surface area contributed by atoms with Crippen LogP contribution < -0.4 is 5.32 Å². The highest BCUT2D eigenvalue weighted by atomic mass is 16.3. The molecule has 0 aliphatic heterocycles. The van der Waals surface area contributed by atoms with Gasteiger partial charge in [0.15, 0.2) is 0 Å². The third-order valence-electron chi connectivity index (χ3n) is 2.89. The van der Waals surface area contributed by atoms with Crippen molar-refractivity contribution in [2.24, 2.45) is 5.92 Å². The van der Waals surface area contributed by atoms with Gasteiger partial charge in [-0.15, -0.1) is 6.42 Å². The van der Waals surface area contributed by atoms with Crippen molar-refractivity contribution < 1.29 is 9.21 Å². The molecule has 1 aliphatic carbocycles. The van der Waals surface area contributed by atoms with Gasteiger partial charge in [0.05, 0.1) is 6.54 Å². The van der Waals surface area contributed by atoms with Gasteiger partial charge in [0.25, 0.3) is 0 Å². The summed E-state index contributed by atoms with van der Waals surface area (Å²) in [5, 5.41) is 2.55. The maximum atomic E-state index is 11.2. The molecule has 1 aliphatic rings. The predicted octanol–water partition coefficient (Wildman–Crippen LogP) is 2.17. The number of rotatable bonds is 4. The molecule has 88 valence electrons. The second-order valence-corrected chi connectivity index (χ2v) is 4.31. The third-order valence-corrected chi connectivity index (χ3v) is 2.89. The van der Waals surface area contributed by atoms with Crippen molar-refractivity contribution in [2.45, 2.75) is 19.3 Å². The van der Waals surface area contributed by atoms with Crippen LogP contribution in [0.2, 0.25) is 0 Å². The van der Waals surface area contributed by atoms with Gasteiger partial charge in [-0.1, -0.05) is 12.8 Å². The molecule has 1 aromatic heterocycles. The molecule has 2 unspecified atom stereocenters. The summed E-state index contributed by atoms with van der Waals surface area (Å²) in [6, 6.07) is 3.86. The molecular weight excluding hydrogens is 214 g/mol. The van der Waals surface area contributed by atoms with E-state index in [0.717, 1.165) is 11.7 Å². The molecule has 0 saturated heterocycles. The number of furan rings is 1. The van der Waals surface area contributed by atoms with Gasteiger partial charge in [0.1, 0.15) is 11.5 Å². The lowest BCUT2D eigenvalue weighted by Gasteiger charge is -1.93. The summed E-state index contributed by atoms with van der Waals surface area (Å²) in [4.78, 5) is 11.2. The zero-order valence-corrected chi connectivity index (χ0v) is 9.77. The normalized spacial score (nSPS) is 22.4. The summed E-state index contributed by atoms with van der Waals surface area (Å²) in [5.74, 6) is 5.13. The quantitative estimate of drug-likeness (QED) is 0.635. The Hall–Kier alpha value is -1.95. The first-order valence-electron chi connectivity index (χ1n) is 5.70. The Morgan fingerprint density at radius 3 is 3.12 bits per heavy atom. The van der Waals surface area contributed by atoms with Gasteiger partial charge < -0.3 is 9.73 Å². The van der Waals surface area contributed by atoms with Crippen LogP contribution in [0.4, 0.5) is 0 Å². The molecule has 1 amide bonds. The van der Waals surface area contributed by atoms with Crippen LogP contribution in [0, 0.1) is 18.3 Å². The number of carbonyl (C=O) groups is 1. The van der Waals surface area contributed by atoms with Crippen molar-refractivity contribution in [1.82, 2.24) is 5.32 Å². The molecule has 1 aromatic rings. The maximum absolute atomic E-state index is 11.2. The van der Waals surface area contributed by atoms with E-state index >= 15 is 0 Å². The maximum Gasteiger partial charge on any atom is 0.244 e. The highest BCUT2D eigenvalue weighted by Gasteiger charge is 2.36. The molecule has 1 saturated carbocycles. The monoisotopic (exact) mass is 229 g/mol. The van der Waals surface area contributed by atoms with E-state index in [9.17, 15) is 4.79 Å². The minimum Gasteiger partial charge on any atom is -0.461 e. The summed E-state index contributed by atoms with van der Waals surface area (Å²) in [5.41, 5.74) is 0. The topological polar surface area (TPSA) is 42.2 Å². The third kappa shape index (κ3) is 3.01. The van der Waals surface area contributed by atoms with Gasteiger partial charge in [-0.25, -0.2) is 0 Å². The van der Waals surface area contributed by atoms with Crippen LogP contribution in [0.15, 0.2) is 22.6 Å². The Kier molecular flexibility index (Phi) is 3.34. The predicted molar refractivity (Wildman–Crippen MR) is 66.1 cm³/mol. The van der Waals surface area contributed by atoms with Crippen LogP contribution in [-0.2, 0) is 4.79 Å². The van der Waals surface area contributed by atoms with Gasteiger partial charge in [-0.2, -0.15) is 0 Å². The molecule has 0 aromatic carbocycles. The molecule has 1 fully saturated rings. The van der Waals surface area contributed by atoms with Gasteiger partial charge in [-0.05, 0) is 30.5 Å². The molecule has 3 nitrogen and oxygen atoms in total. The lowest BCUT2D eigenvalue weighted by atomic mass is 10.3. The number of amides is 1. The fourth-order valence-corrected chi connectivity index (χ4v) is 1.73. The number of carbonyl (C=O) groups excluding carboxylic acids is 1. The standard InChI is InChI=1S/C14H15NO2/c1-3-8-15-14(16)7-5-11-4-6-13(17-11)12-9-10(12)2/h1,4-7,10,12H,8-9H2,2H3,(H,15,16)/b7-5+. The Labute approximate surface area is 101 Å². The minimum absolute atomic E-state index is 0.208. The largest absolute Gasteiger partial charge is 0.461 e. The molecular formula is C14H15NO2. The molecule has 0 radical (unpaired) electrons. The molecule has 1 N–H and O–H groups in total. The Bertz CT molecular complexity index is 479. The van der Waals surface area contributed by atoms with Gasteiger partial charge in [0, 0.05) is 12.0 Å². The van der Waals surface area contributed by atoms with Crippen molar-refractivity contribution in [3.8, 4) is 12.3 Å². The Morgan fingerprint density at radius 1 is 1.71 bits per heavy atom. The van der Waals surface area contributed by atoms with Crippen LogP contribution in [0.25, 0.3) is 6.08 Å². The summed E-state index contributed by atoms with van der Waals surface area (Å²) < 4.78 is 5.63. The minimum atomic E-state index is -0.208. The van der Waals surface area contributed by atoms with E-state index in [0.29, 0.717) is 11.7 Å². The number of terminal acetylenes is 1. The van der Waals surface area contributed by atoms with Crippen molar-refractivity contribution in [3.63, 3.8) is 0 Å². The van der Waals surface area contributed by atoms with E-state index in [4.69, 9.17) is 10.8 Å². The van der Waals surface area contributed by atoms with Crippen LogP contribution in [-0.4, -0.2) is 12.5 Å². The second-order valence-electron chi connectivity index (χ2n) is 4.31. The fourth-order valence-electron chi connectivity index (χ4n) is 1.73. The molecule has 2 atom stereocenters. The van der Waals surface area contributed by atoms with Gasteiger partial charge in [-0.3, -0.25) is 4.79 Å².